The number of aliphatic hydroxyl groups is 2. The number of carboxylic acid groups (broad SMARTS) is 1. The summed E-state index contributed by atoms with van der Waals surface area (Å²) in [5, 5.41) is 29.0. The van der Waals surface area contributed by atoms with Crippen molar-refractivity contribution < 1.29 is 39.2 Å². The van der Waals surface area contributed by atoms with E-state index in [2.05, 4.69) is 33.1 Å². The molecule has 10 nitrogen and oxygen atoms in total. The van der Waals surface area contributed by atoms with Gasteiger partial charge in [0.05, 0.1) is 11.7 Å². The first-order valence-corrected chi connectivity index (χ1v) is 12.8. The molecule has 1 fully saturated rings. The van der Waals surface area contributed by atoms with Gasteiger partial charge in [0, 0.05) is 10.0 Å². The number of anilines is 1. The van der Waals surface area contributed by atoms with E-state index < -0.39 is 24.1 Å². The fourth-order valence-corrected chi connectivity index (χ4v) is 4.48. The molecule has 0 aliphatic carbocycles. The summed E-state index contributed by atoms with van der Waals surface area (Å²) in [5.41, 5.74) is 1.11. The van der Waals surface area contributed by atoms with Gasteiger partial charge >= 0.3 is 5.97 Å². The third-order valence-corrected chi connectivity index (χ3v) is 6.75. The summed E-state index contributed by atoms with van der Waals surface area (Å²) in [7, 11) is 0. The first-order valence-electron chi connectivity index (χ1n) is 12.0. The van der Waals surface area contributed by atoms with Crippen LogP contribution in [-0.2, 0) is 9.59 Å². The van der Waals surface area contributed by atoms with Crippen molar-refractivity contribution in [2.24, 2.45) is 0 Å². The van der Waals surface area contributed by atoms with Crippen molar-refractivity contribution in [2.75, 3.05) is 25.2 Å². The van der Waals surface area contributed by atoms with Crippen LogP contribution in [0.4, 0.5) is 5.69 Å². The normalized spacial score (nSPS) is 16.8. The largest absolute Gasteiger partial charge is 0.479 e. The van der Waals surface area contributed by atoms with Crippen molar-refractivity contribution in [3.05, 3.63) is 52.5 Å². The van der Waals surface area contributed by atoms with Gasteiger partial charge < -0.3 is 30.1 Å². The van der Waals surface area contributed by atoms with Crippen LogP contribution in [0.25, 0.3) is 0 Å². The Balaban J connectivity index is 0.000000209. The summed E-state index contributed by atoms with van der Waals surface area (Å²) in [5.74, 6) is -1.03. The molecule has 0 spiro atoms. The average Bonchev–Trinajstić information content (AvgIpc) is 3.59. The number of likely N-dealkylation sites (tertiary alicyclic amines) is 1. The summed E-state index contributed by atoms with van der Waals surface area (Å²) >= 11 is 3.16. The van der Waals surface area contributed by atoms with E-state index >= 15 is 0 Å². The van der Waals surface area contributed by atoms with E-state index in [9.17, 15) is 19.5 Å². The predicted octanol–water partition coefficient (Wildman–Crippen LogP) is 3.06. The molecule has 0 aromatic heterocycles. The van der Waals surface area contributed by atoms with Gasteiger partial charge in [0.25, 0.3) is 5.91 Å². The van der Waals surface area contributed by atoms with E-state index in [-0.39, 0.29) is 18.6 Å². The lowest BCUT2D eigenvalue weighted by molar-refractivity contribution is -0.156. The number of rotatable bonds is 9. The first kappa shape index (κ1) is 28.6. The molecular formula is C26H31BrN2O8. The Morgan fingerprint density at radius 3 is 2.35 bits per heavy atom. The zero-order valence-electron chi connectivity index (χ0n) is 20.4. The van der Waals surface area contributed by atoms with E-state index in [1.807, 2.05) is 18.2 Å². The number of carbonyl (C=O) groups is 3. The second-order valence-electron chi connectivity index (χ2n) is 8.68. The number of aliphatic hydroxyl groups excluding tert-OH is 2. The highest BCUT2D eigenvalue weighted by atomic mass is 79.9. The van der Waals surface area contributed by atoms with Gasteiger partial charge in [0.2, 0.25) is 6.79 Å². The molecular weight excluding hydrogens is 548 g/mol. The van der Waals surface area contributed by atoms with Crippen molar-refractivity contribution in [1.29, 1.82) is 0 Å². The maximum Gasteiger partial charge on any atom is 0.335 e. The number of aliphatic carboxylic acids is 1. The number of nitrogens with one attached hydrogen (secondary N) is 1. The Hall–Kier alpha value is -2.99. The number of fused-ring (bicyclic) bond motifs is 1. The highest BCUT2D eigenvalue weighted by Crippen LogP contribution is 2.33. The number of halogens is 1. The topological polar surface area (TPSA) is 146 Å². The van der Waals surface area contributed by atoms with Crippen LogP contribution < -0.4 is 14.8 Å². The van der Waals surface area contributed by atoms with Crippen LogP contribution in [0.5, 0.6) is 11.5 Å². The minimum Gasteiger partial charge on any atom is -0.479 e. The van der Waals surface area contributed by atoms with Crippen molar-refractivity contribution in [1.82, 2.24) is 4.90 Å². The third-order valence-electron chi connectivity index (χ3n) is 6.06. The van der Waals surface area contributed by atoms with Crippen LogP contribution in [0, 0.1) is 0 Å². The van der Waals surface area contributed by atoms with Crippen LogP contribution in [0.1, 0.15) is 43.0 Å². The minimum atomic E-state index is -2.16. The molecule has 2 heterocycles. The molecule has 1 amide bonds. The summed E-state index contributed by atoms with van der Waals surface area (Å²) in [6.45, 7) is 4.47. The Kier molecular flexibility index (Phi) is 10.4. The number of Topliss-reactive ketones (excluding diaryl/α,β-unsaturated/α-hetero) is 1. The SMILES string of the molecule is CCC[C@H](C(=O)c1ccc2c(c1)OCO2)N1CCCC1.O=C(O)[C@@H](O)[C@H](O)C(=O)Nc1ccccc1Br. The van der Waals surface area contributed by atoms with Gasteiger partial charge in [-0.1, -0.05) is 25.5 Å². The van der Waals surface area contributed by atoms with Crippen LogP contribution in [0.15, 0.2) is 46.9 Å². The number of benzene rings is 2. The number of amides is 1. The third kappa shape index (κ3) is 7.51. The molecule has 3 atom stereocenters. The van der Waals surface area contributed by atoms with Gasteiger partial charge in [0.15, 0.2) is 29.5 Å². The van der Waals surface area contributed by atoms with E-state index in [1.165, 1.54) is 12.8 Å². The lowest BCUT2D eigenvalue weighted by Gasteiger charge is -2.26. The zero-order chi connectivity index (χ0) is 26.9. The number of ketones is 1. The number of nitrogens with zero attached hydrogens (tertiary/aromatic N) is 1. The molecule has 0 saturated carbocycles. The van der Waals surface area contributed by atoms with Gasteiger partial charge in [-0.25, -0.2) is 4.79 Å². The van der Waals surface area contributed by atoms with Crippen molar-refractivity contribution >= 4 is 39.3 Å². The average molecular weight is 579 g/mol. The van der Waals surface area contributed by atoms with Crippen LogP contribution in [0.3, 0.4) is 0 Å². The predicted molar refractivity (Wildman–Crippen MR) is 139 cm³/mol. The van der Waals surface area contributed by atoms with Crippen molar-refractivity contribution in [3.63, 3.8) is 0 Å². The molecule has 2 aromatic carbocycles. The van der Waals surface area contributed by atoms with Crippen LogP contribution in [0.2, 0.25) is 0 Å². The summed E-state index contributed by atoms with van der Waals surface area (Å²) in [6, 6.07) is 12.1. The van der Waals surface area contributed by atoms with Crippen molar-refractivity contribution in [2.45, 2.75) is 50.9 Å². The number of carboxylic acids is 1. The molecule has 0 bridgehead atoms. The fraction of sp³-hybridized carbons (Fsp3) is 0.423. The Morgan fingerprint density at radius 2 is 1.70 bits per heavy atom. The summed E-state index contributed by atoms with van der Waals surface area (Å²) in [6.07, 6.45) is 0.172. The second kappa shape index (κ2) is 13.5. The minimum absolute atomic E-state index is 0.0165. The van der Waals surface area contributed by atoms with Gasteiger partial charge in [0.1, 0.15) is 0 Å². The molecule has 2 aliphatic heterocycles. The number of ether oxygens (including phenoxy) is 2. The number of carbonyl (C=O) groups excluding carboxylic acids is 2. The van der Waals surface area contributed by atoms with Crippen LogP contribution >= 0.6 is 15.9 Å². The van der Waals surface area contributed by atoms with Gasteiger partial charge in [-0.2, -0.15) is 0 Å². The Labute approximate surface area is 223 Å². The molecule has 200 valence electrons. The molecule has 11 heteroatoms. The Morgan fingerprint density at radius 1 is 1.03 bits per heavy atom. The van der Waals surface area contributed by atoms with E-state index in [1.54, 1.807) is 24.3 Å². The smallest absolute Gasteiger partial charge is 0.335 e. The maximum absolute atomic E-state index is 12.8. The summed E-state index contributed by atoms with van der Waals surface area (Å²) in [4.78, 5) is 36.9. The van der Waals surface area contributed by atoms with Crippen LogP contribution in [-0.4, -0.2) is 76.0 Å². The second-order valence-corrected chi connectivity index (χ2v) is 9.53. The quantitative estimate of drug-likeness (QED) is 0.330. The molecule has 2 aliphatic rings. The highest BCUT2D eigenvalue weighted by Gasteiger charge is 2.30. The fourth-order valence-electron chi connectivity index (χ4n) is 4.10. The van der Waals surface area contributed by atoms with E-state index in [0.29, 0.717) is 15.9 Å². The molecule has 4 rings (SSSR count). The molecule has 2 aromatic rings. The first-order chi connectivity index (χ1) is 17.7. The lowest BCUT2D eigenvalue weighted by Crippen LogP contribution is -2.42. The zero-order valence-corrected chi connectivity index (χ0v) is 22.0. The molecule has 1 saturated heterocycles. The molecule has 4 N–H and O–H groups in total. The number of hydrogen-bond acceptors (Lipinski definition) is 8. The monoisotopic (exact) mass is 578 g/mol. The van der Waals surface area contributed by atoms with Gasteiger partial charge in [-0.05, 0) is 78.6 Å². The molecule has 0 unspecified atom stereocenters. The maximum atomic E-state index is 12.8. The molecule has 37 heavy (non-hydrogen) atoms. The van der Waals surface area contributed by atoms with E-state index in [0.717, 1.165) is 37.2 Å². The standard InChI is InChI=1S/C16H21NO3.C10H10BrNO5/c1-2-5-13(17-8-3-4-9-17)16(18)12-6-7-14-15(10-12)20-11-19-14;11-5-3-1-2-4-6(5)12-9(15)7(13)8(14)10(16)17/h6-7,10,13H,2-5,8-9,11H2,1H3;1-4,7-8,13-14H,(H,12,15)(H,16,17)/t13-;7-,8-/m10/s1. The van der Waals surface area contributed by atoms with Gasteiger partial charge in [-0.15, -0.1) is 0 Å². The number of para-hydroxylation sites is 1. The highest BCUT2D eigenvalue weighted by molar-refractivity contribution is 9.10. The Bertz CT molecular complexity index is 1110. The molecule has 0 radical (unpaired) electrons. The number of hydrogen-bond donors (Lipinski definition) is 4. The summed E-state index contributed by atoms with van der Waals surface area (Å²) < 4.78 is 11.2. The van der Waals surface area contributed by atoms with Gasteiger partial charge in [-0.3, -0.25) is 14.5 Å². The van der Waals surface area contributed by atoms with Crippen molar-refractivity contribution in [3.8, 4) is 11.5 Å². The lowest BCUT2D eigenvalue weighted by atomic mass is 9.99. The van der Waals surface area contributed by atoms with E-state index in [4.69, 9.17) is 19.7 Å².